The van der Waals surface area contributed by atoms with E-state index in [0.29, 0.717) is 17.0 Å². The van der Waals surface area contributed by atoms with Gasteiger partial charge in [0.05, 0.1) is 17.4 Å². The first-order chi connectivity index (χ1) is 12.6. The Morgan fingerprint density at radius 1 is 1.12 bits per heavy atom. The summed E-state index contributed by atoms with van der Waals surface area (Å²) < 4.78 is 0. The van der Waals surface area contributed by atoms with Crippen LogP contribution in [-0.2, 0) is 9.59 Å². The van der Waals surface area contributed by atoms with E-state index in [2.05, 4.69) is 5.32 Å². The van der Waals surface area contributed by atoms with Crippen molar-refractivity contribution in [1.29, 1.82) is 0 Å². The quantitative estimate of drug-likeness (QED) is 0.783. The monoisotopic (exact) mass is 366 g/mol. The van der Waals surface area contributed by atoms with Crippen LogP contribution in [-0.4, -0.2) is 11.7 Å². The molecule has 0 bridgehead atoms. The third kappa shape index (κ3) is 2.80. The molecule has 1 aliphatic heterocycles. The third-order valence-corrected chi connectivity index (χ3v) is 5.21. The number of Topliss-reactive ketones (excluding diaryl/α,β-unsaturated/α-hetero) is 1. The molecule has 0 radical (unpaired) electrons. The molecule has 26 heavy (non-hydrogen) atoms. The average molecular weight is 367 g/mol. The van der Waals surface area contributed by atoms with E-state index in [1.807, 2.05) is 36.4 Å². The molecular weight excluding hydrogens is 348 g/mol. The molecule has 132 valence electrons. The third-order valence-electron chi connectivity index (χ3n) is 4.96. The Hall–Kier alpha value is -2.59. The highest BCUT2D eigenvalue weighted by molar-refractivity contribution is 6.30. The number of hydrogen-bond acceptors (Lipinski definition) is 3. The summed E-state index contributed by atoms with van der Waals surface area (Å²) in [6, 6.07) is 14.6. The molecule has 0 aromatic heterocycles. The van der Waals surface area contributed by atoms with Gasteiger partial charge in [-0.15, -0.1) is 0 Å². The maximum Gasteiger partial charge on any atom is 0.224 e. The number of hydrogen-bond donors (Lipinski definition) is 1. The zero-order chi connectivity index (χ0) is 18.3. The molecule has 2 aromatic carbocycles. The molecule has 2 aliphatic rings. The van der Waals surface area contributed by atoms with Gasteiger partial charge in [-0.3, -0.25) is 14.5 Å². The Balaban J connectivity index is 1.99. The Bertz CT molecular complexity index is 918. The first-order valence-corrected chi connectivity index (χ1v) is 9.11. The largest absolute Gasteiger partial charge is 0.357 e. The minimum Gasteiger partial charge on any atom is -0.357 e. The molecular formula is C21H19ClN2O2. The second-order valence-electron chi connectivity index (χ2n) is 6.65. The minimum atomic E-state index is -0.455. The van der Waals surface area contributed by atoms with E-state index in [1.165, 1.54) is 0 Å². The predicted octanol–water partition coefficient (Wildman–Crippen LogP) is 4.87. The van der Waals surface area contributed by atoms with Gasteiger partial charge in [-0.1, -0.05) is 35.9 Å². The molecule has 4 rings (SSSR count). The van der Waals surface area contributed by atoms with Crippen LogP contribution in [0.4, 0.5) is 11.4 Å². The summed E-state index contributed by atoms with van der Waals surface area (Å²) in [4.78, 5) is 27.3. The van der Waals surface area contributed by atoms with Crippen molar-refractivity contribution in [3.8, 4) is 0 Å². The number of ketones is 1. The Morgan fingerprint density at radius 2 is 1.85 bits per heavy atom. The van der Waals surface area contributed by atoms with E-state index in [4.69, 9.17) is 11.6 Å². The predicted molar refractivity (Wildman–Crippen MR) is 103 cm³/mol. The van der Waals surface area contributed by atoms with E-state index in [-0.39, 0.29) is 11.7 Å². The van der Waals surface area contributed by atoms with Crippen LogP contribution in [0.3, 0.4) is 0 Å². The smallest absolute Gasteiger partial charge is 0.224 e. The van der Waals surface area contributed by atoms with Crippen molar-refractivity contribution in [2.45, 2.75) is 32.2 Å². The van der Waals surface area contributed by atoms with E-state index >= 15 is 0 Å². The number of anilines is 2. The van der Waals surface area contributed by atoms with E-state index in [1.54, 1.807) is 24.0 Å². The van der Waals surface area contributed by atoms with Crippen LogP contribution in [0.1, 0.15) is 37.8 Å². The SMILES string of the molecule is CC(=O)N1c2ccccc2NC2=C(C(=O)CCC2)[C@@H]1c1ccc(Cl)cc1. The van der Waals surface area contributed by atoms with Gasteiger partial charge < -0.3 is 5.32 Å². The number of amides is 1. The van der Waals surface area contributed by atoms with Crippen molar-refractivity contribution in [2.24, 2.45) is 0 Å². The second-order valence-corrected chi connectivity index (χ2v) is 7.09. The molecule has 0 saturated heterocycles. The Labute approximate surface area is 157 Å². The highest BCUT2D eigenvalue weighted by Gasteiger charge is 2.38. The molecule has 4 nitrogen and oxygen atoms in total. The summed E-state index contributed by atoms with van der Waals surface area (Å²) in [5.74, 6) is -0.0101. The summed E-state index contributed by atoms with van der Waals surface area (Å²) >= 11 is 6.06. The molecule has 0 saturated carbocycles. The molecule has 1 atom stereocenters. The second kappa shape index (κ2) is 6.61. The first kappa shape index (κ1) is 16.9. The lowest BCUT2D eigenvalue weighted by atomic mass is 9.86. The van der Waals surface area contributed by atoms with Gasteiger partial charge in [0.25, 0.3) is 0 Å². The lowest BCUT2D eigenvalue weighted by Crippen LogP contribution is -2.36. The summed E-state index contributed by atoms with van der Waals surface area (Å²) in [6.45, 7) is 1.54. The van der Waals surface area contributed by atoms with Crippen molar-refractivity contribution in [3.63, 3.8) is 0 Å². The molecule has 0 spiro atoms. The summed E-state index contributed by atoms with van der Waals surface area (Å²) in [5, 5.41) is 4.05. The van der Waals surface area contributed by atoms with Gasteiger partial charge in [-0.05, 0) is 42.7 Å². The van der Waals surface area contributed by atoms with Gasteiger partial charge in [0.2, 0.25) is 5.91 Å². The number of benzene rings is 2. The molecule has 1 N–H and O–H groups in total. The number of rotatable bonds is 1. The highest BCUT2D eigenvalue weighted by Crippen LogP contribution is 2.44. The lowest BCUT2D eigenvalue weighted by Gasteiger charge is -2.33. The summed E-state index contributed by atoms with van der Waals surface area (Å²) in [7, 11) is 0. The summed E-state index contributed by atoms with van der Waals surface area (Å²) in [5.41, 5.74) is 4.11. The maximum absolute atomic E-state index is 12.9. The van der Waals surface area contributed by atoms with Crippen LogP contribution in [0.15, 0.2) is 59.8 Å². The topological polar surface area (TPSA) is 49.4 Å². The van der Waals surface area contributed by atoms with Crippen LogP contribution in [0.25, 0.3) is 0 Å². The molecule has 1 amide bonds. The van der Waals surface area contributed by atoms with Gasteiger partial charge >= 0.3 is 0 Å². The fourth-order valence-corrected chi connectivity index (χ4v) is 3.97. The van der Waals surface area contributed by atoms with Crippen molar-refractivity contribution in [1.82, 2.24) is 0 Å². The van der Waals surface area contributed by atoms with E-state index in [0.717, 1.165) is 35.5 Å². The van der Waals surface area contributed by atoms with E-state index < -0.39 is 6.04 Å². The van der Waals surface area contributed by atoms with Gasteiger partial charge in [-0.2, -0.15) is 0 Å². The minimum absolute atomic E-state index is 0.0951. The summed E-state index contributed by atoms with van der Waals surface area (Å²) in [6.07, 6.45) is 2.12. The highest BCUT2D eigenvalue weighted by atomic mass is 35.5. The van der Waals surface area contributed by atoms with Crippen molar-refractivity contribution >= 4 is 34.7 Å². The maximum atomic E-state index is 12.9. The number of nitrogens with zero attached hydrogens (tertiary/aromatic N) is 1. The van der Waals surface area contributed by atoms with Crippen molar-refractivity contribution in [3.05, 3.63) is 70.4 Å². The van der Waals surface area contributed by atoms with Crippen LogP contribution >= 0.6 is 11.6 Å². The molecule has 0 unspecified atom stereocenters. The van der Waals surface area contributed by atoms with Gasteiger partial charge in [0.15, 0.2) is 5.78 Å². The Morgan fingerprint density at radius 3 is 2.58 bits per heavy atom. The fraction of sp³-hybridized carbons (Fsp3) is 0.238. The molecule has 2 aromatic rings. The van der Waals surface area contributed by atoms with Crippen molar-refractivity contribution in [2.75, 3.05) is 10.2 Å². The number of carbonyl (C=O) groups is 2. The van der Waals surface area contributed by atoms with Crippen molar-refractivity contribution < 1.29 is 9.59 Å². The van der Waals surface area contributed by atoms with Crippen LogP contribution in [0.2, 0.25) is 5.02 Å². The zero-order valence-electron chi connectivity index (χ0n) is 14.5. The van der Waals surface area contributed by atoms with Crippen LogP contribution in [0.5, 0.6) is 0 Å². The van der Waals surface area contributed by atoms with Gasteiger partial charge in [0.1, 0.15) is 0 Å². The molecule has 0 fully saturated rings. The van der Waals surface area contributed by atoms with Crippen LogP contribution in [0, 0.1) is 0 Å². The lowest BCUT2D eigenvalue weighted by molar-refractivity contribution is -0.117. The Kier molecular flexibility index (Phi) is 4.29. The zero-order valence-corrected chi connectivity index (χ0v) is 15.2. The molecule has 5 heteroatoms. The van der Waals surface area contributed by atoms with Crippen LogP contribution < -0.4 is 10.2 Å². The van der Waals surface area contributed by atoms with E-state index in [9.17, 15) is 9.59 Å². The number of para-hydroxylation sites is 2. The molecule has 1 aliphatic carbocycles. The first-order valence-electron chi connectivity index (χ1n) is 8.74. The number of fused-ring (bicyclic) bond motifs is 1. The average Bonchev–Trinajstić information content (AvgIpc) is 2.77. The standard InChI is InChI=1S/C21H19ClN2O2/c1-13(25)24-18-7-3-2-5-16(18)23-17-6-4-8-19(26)20(17)21(24)14-9-11-15(22)12-10-14/h2-3,5,7,9-12,21,23H,4,6,8H2,1H3/t21-/m0/s1. The number of nitrogens with one attached hydrogen (secondary N) is 1. The fourth-order valence-electron chi connectivity index (χ4n) is 3.84. The van der Waals surface area contributed by atoms with Gasteiger partial charge in [-0.25, -0.2) is 0 Å². The van der Waals surface area contributed by atoms with Gasteiger partial charge in [0, 0.05) is 29.6 Å². The number of carbonyl (C=O) groups excluding carboxylic acids is 2. The normalized spacial score (nSPS) is 19.4. The molecule has 1 heterocycles. The number of halogens is 1. The number of allylic oxidation sites excluding steroid dienone is 1.